The molecule has 2 fully saturated rings. The van der Waals surface area contributed by atoms with E-state index in [1.807, 2.05) is 18.7 Å². The van der Waals surface area contributed by atoms with Gasteiger partial charge in [0.15, 0.2) is 0 Å². The zero-order valence-electron chi connectivity index (χ0n) is 17.9. The van der Waals surface area contributed by atoms with Crippen LogP contribution in [0.3, 0.4) is 0 Å². The Labute approximate surface area is 180 Å². The molecule has 2 saturated heterocycles. The van der Waals surface area contributed by atoms with E-state index in [0.29, 0.717) is 43.8 Å². The Hall–Kier alpha value is -2.77. The van der Waals surface area contributed by atoms with Crippen molar-refractivity contribution in [2.45, 2.75) is 64.5 Å². The first-order chi connectivity index (χ1) is 14.7. The maximum absolute atomic E-state index is 14.4. The van der Waals surface area contributed by atoms with Crippen LogP contribution in [0.1, 0.15) is 73.4 Å². The lowest BCUT2D eigenvalue weighted by Gasteiger charge is -2.33. The van der Waals surface area contributed by atoms with Gasteiger partial charge in [0.25, 0.3) is 5.91 Å². The summed E-state index contributed by atoms with van der Waals surface area (Å²) in [6.07, 6.45) is 2.41. The zero-order chi connectivity index (χ0) is 22.3. The number of carbonyl (C=O) groups is 4. The number of imide groups is 1. The number of nitrogens with one attached hydrogen (secondary N) is 1. The van der Waals surface area contributed by atoms with Gasteiger partial charge in [0, 0.05) is 38.0 Å². The number of rotatable bonds is 4. The highest BCUT2D eigenvalue weighted by atomic mass is 19.1. The van der Waals surface area contributed by atoms with Crippen LogP contribution in [0.15, 0.2) is 12.1 Å². The summed E-state index contributed by atoms with van der Waals surface area (Å²) in [4.78, 5) is 52.4. The lowest BCUT2D eigenvalue weighted by molar-refractivity contribution is -0.137. The molecule has 3 aliphatic rings. The average molecular weight is 429 g/mol. The van der Waals surface area contributed by atoms with Crippen molar-refractivity contribution < 1.29 is 23.6 Å². The third-order valence-corrected chi connectivity index (χ3v) is 6.53. The van der Waals surface area contributed by atoms with Gasteiger partial charge in [-0.1, -0.05) is 13.8 Å². The Morgan fingerprint density at radius 2 is 1.87 bits per heavy atom. The molecule has 4 amide bonds. The van der Waals surface area contributed by atoms with Gasteiger partial charge in [-0.25, -0.2) is 4.39 Å². The van der Waals surface area contributed by atoms with E-state index in [0.717, 1.165) is 11.1 Å². The Bertz CT molecular complexity index is 937. The molecule has 8 heteroatoms. The molecule has 1 N–H and O–H groups in total. The Balaban J connectivity index is 1.52. The van der Waals surface area contributed by atoms with Crippen molar-refractivity contribution in [3.05, 3.63) is 34.6 Å². The summed E-state index contributed by atoms with van der Waals surface area (Å²) in [6.45, 7) is 5.51. The topological polar surface area (TPSA) is 86.8 Å². The number of halogens is 1. The van der Waals surface area contributed by atoms with Crippen molar-refractivity contribution in [2.24, 2.45) is 5.92 Å². The molecule has 0 spiro atoms. The monoisotopic (exact) mass is 429 g/mol. The molecule has 1 unspecified atom stereocenters. The summed E-state index contributed by atoms with van der Waals surface area (Å²) >= 11 is 0. The number of carbonyl (C=O) groups excluding carboxylic acids is 4. The molecule has 31 heavy (non-hydrogen) atoms. The van der Waals surface area contributed by atoms with E-state index >= 15 is 0 Å². The Morgan fingerprint density at radius 3 is 2.52 bits per heavy atom. The zero-order valence-corrected chi connectivity index (χ0v) is 17.9. The molecule has 7 nitrogen and oxygen atoms in total. The Kier molecular flexibility index (Phi) is 5.81. The number of amides is 4. The van der Waals surface area contributed by atoms with Gasteiger partial charge in [0.05, 0.1) is 0 Å². The minimum absolute atomic E-state index is 0.0575. The molecule has 3 heterocycles. The number of fused-ring (bicyclic) bond motifs is 1. The predicted octanol–water partition coefficient (Wildman–Crippen LogP) is 2.34. The van der Waals surface area contributed by atoms with Crippen molar-refractivity contribution >= 4 is 23.6 Å². The molecule has 3 aliphatic heterocycles. The summed E-state index contributed by atoms with van der Waals surface area (Å²) in [5.41, 5.74) is 1.87. The molecule has 0 saturated carbocycles. The number of benzene rings is 1. The molecule has 0 radical (unpaired) electrons. The van der Waals surface area contributed by atoms with E-state index in [1.54, 1.807) is 0 Å². The van der Waals surface area contributed by atoms with E-state index in [2.05, 4.69) is 5.32 Å². The molecule has 0 aliphatic carbocycles. The van der Waals surface area contributed by atoms with Crippen LogP contribution in [0.5, 0.6) is 0 Å². The molecule has 4 rings (SSSR count). The lowest BCUT2D eigenvalue weighted by Crippen LogP contribution is -2.52. The van der Waals surface area contributed by atoms with E-state index in [4.69, 9.17) is 0 Å². The molecule has 0 aromatic heterocycles. The van der Waals surface area contributed by atoms with Crippen LogP contribution in [0.25, 0.3) is 0 Å². The summed E-state index contributed by atoms with van der Waals surface area (Å²) in [5, 5.41) is 2.29. The Morgan fingerprint density at radius 1 is 1.16 bits per heavy atom. The molecular formula is C23H28FN3O4. The molecule has 1 atom stereocenters. The van der Waals surface area contributed by atoms with Gasteiger partial charge in [-0.05, 0) is 54.4 Å². The van der Waals surface area contributed by atoms with Crippen molar-refractivity contribution in [3.63, 3.8) is 0 Å². The van der Waals surface area contributed by atoms with E-state index < -0.39 is 17.8 Å². The summed E-state index contributed by atoms with van der Waals surface area (Å²) in [6, 6.07) is 2.02. The first kappa shape index (κ1) is 21.5. The van der Waals surface area contributed by atoms with Gasteiger partial charge >= 0.3 is 0 Å². The van der Waals surface area contributed by atoms with Crippen LogP contribution in [0, 0.1) is 11.7 Å². The number of nitrogens with zero attached hydrogens (tertiary/aromatic N) is 2. The number of hydrogen-bond donors (Lipinski definition) is 1. The van der Waals surface area contributed by atoms with Crippen molar-refractivity contribution in [1.29, 1.82) is 0 Å². The van der Waals surface area contributed by atoms with Crippen LogP contribution in [0.4, 0.5) is 4.39 Å². The molecule has 166 valence electrons. The smallest absolute Gasteiger partial charge is 0.255 e. The second-order valence-corrected chi connectivity index (χ2v) is 9.17. The van der Waals surface area contributed by atoms with Gasteiger partial charge in [0.2, 0.25) is 17.7 Å². The van der Waals surface area contributed by atoms with Crippen LogP contribution in [0.2, 0.25) is 0 Å². The highest BCUT2D eigenvalue weighted by Crippen LogP contribution is 2.37. The second-order valence-electron chi connectivity index (χ2n) is 9.17. The van der Waals surface area contributed by atoms with Gasteiger partial charge in [0.1, 0.15) is 11.9 Å². The van der Waals surface area contributed by atoms with Crippen molar-refractivity contribution in [2.75, 3.05) is 13.1 Å². The van der Waals surface area contributed by atoms with Crippen LogP contribution < -0.4 is 5.32 Å². The predicted molar refractivity (Wildman–Crippen MR) is 110 cm³/mol. The average Bonchev–Trinajstić information content (AvgIpc) is 3.03. The van der Waals surface area contributed by atoms with Gasteiger partial charge < -0.3 is 9.80 Å². The van der Waals surface area contributed by atoms with Crippen LogP contribution in [-0.2, 0) is 20.9 Å². The number of likely N-dealkylation sites (tertiary alicyclic amines) is 1. The van der Waals surface area contributed by atoms with Crippen molar-refractivity contribution in [1.82, 2.24) is 15.1 Å². The van der Waals surface area contributed by atoms with Gasteiger partial charge in [-0.15, -0.1) is 0 Å². The van der Waals surface area contributed by atoms with Gasteiger partial charge in [-0.2, -0.15) is 0 Å². The molecule has 1 aromatic carbocycles. The fourth-order valence-corrected chi connectivity index (χ4v) is 4.94. The first-order valence-electron chi connectivity index (χ1n) is 11.0. The standard InChI is InChI=1S/C23H28FN3O4/c1-13(2)9-21(29)26-7-5-14(6-8-26)16-10-15(24)11-17-18(16)12-27(23(17)31)19-3-4-20(28)25-22(19)30/h10-11,13-14,19H,3-9,12H2,1-2H3,(H,25,28,30). The minimum atomic E-state index is -0.719. The lowest BCUT2D eigenvalue weighted by atomic mass is 9.85. The van der Waals surface area contributed by atoms with Crippen LogP contribution in [-0.4, -0.2) is 52.6 Å². The van der Waals surface area contributed by atoms with Gasteiger partial charge in [-0.3, -0.25) is 24.5 Å². The highest BCUT2D eigenvalue weighted by molar-refractivity contribution is 6.05. The maximum atomic E-state index is 14.4. The highest BCUT2D eigenvalue weighted by Gasteiger charge is 2.41. The SMILES string of the molecule is CC(C)CC(=O)N1CCC(c2cc(F)cc3c2CN(C2CCC(=O)NC2=O)C3=O)CC1. The summed E-state index contributed by atoms with van der Waals surface area (Å²) in [5.74, 6) is -1.13. The number of hydrogen-bond acceptors (Lipinski definition) is 4. The van der Waals surface area contributed by atoms with Crippen molar-refractivity contribution in [3.8, 4) is 0 Å². The summed E-state index contributed by atoms with van der Waals surface area (Å²) < 4.78 is 14.4. The largest absolute Gasteiger partial charge is 0.343 e. The second kappa shape index (κ2) is 8.40. The number of piperidine rings is 2. The summed E-state index contributed by atoms with van der Waals surface area (Å²) in [7, 11) is 0. The third kappa shape index (κ3) is 4.20. The fraction of sp³-hybridized carbons (Fsp3) is 0.565. The van der Waals surface area contributed by atoms with Crippen LogP contribution >= 0.6 is 0 Å². The first-order valence-corrected chi connectivity index (χ1v) is 11.0. The molecular weight excluding hydrogens is 401 g/mol. The van der Waals surface area contributed by atoms with E-state index in [-0.39, 0.29) is 43.0 Å². The maximum Gasteiger partial charge on any atom is 0.255 e. The third-order valence-electron chi connectivity index (χ3n) is 6.53. The quantitative estimate of drug-likeness (QED) is 0.745. The molecule has 1 aromatic rings. The molecule has 0 bridgehead atoms. The minimum Gasteiger partial charge on any atom is -0.343 e. The van der Waals surface area contributed by atoms with E-state index in [1.165, 1.54) is 17.0 Å². The fourth-order valence-electron chi connectivity index (χ4n) is 4.94. The van der Waals surface area contributed by atoms with E-state index in [9.17, 15) is 23.6 Å². The normalized spacial score (nSPS) is 22.2.